The molecule has 0 saturated heterocycles. The van der Waals surface area contributed by atoms with Crippen LogP contribution in [0.4, 0.5) is 14.5 Å². The third kappa shape index (κ3) is 3.87. The van der Waals surface area contributed by atoms with E-state index in [4.69, 9.17) is 5.73 Å². The average Bonchev–Trinajstić information content (AvgIpc) is 2.30. The third-order valence-corrected chi connectivity index (χ3v) is 4.51. The number of nitrogens with two attached hydrogens (primary N) is 1. The van der Waals surface area contributed by atoms with Gasteiger partial charge in [0, 0.05) is 12.6 Å². The monoisotopic (exact) mass is 292 g/mol. The lowest BCUT2D eigenvalue weighted by molar-refractivity contribution is 0.414. The number of hydrogen-bond acceptors (Lipinski definition) is 3. The molecule has 0 fully saturated rings. The third-order valence-electron chi connectivity index (χ3n) is 3.07. The van der Waals surface area contributed by atoms with Crippen molar-refractivity contribution in [1.29, 1.82) is 0 Å². The molecule has 1 atom stereocenters. The van der Waals surface area contributed by atoms with E-state index in [-0.39, 0.29) is 18.4 Å². The average molecular weight is 292 g/mol. The van der Waals surface area contributed by atoms with E-state index in [1.54, 1.807) is 0 Å². The minimum Gasteiger partial charge on any atom is -0.396 e. The quantitative estimate of drug-likeness (QED) is 0.816. The number of nitrogens with one attached hydrogen (secondary N) is 1. The SMILES string of the molecule is CC(C)C(C)CNS(=O)(=O)c1cc(N)c(F)cc1F. The summed E-state index contributed by atoms with van der Waals surface area (Å²) < 4.78 is 52.6. The molecule has 4 nitrogen and oxygen atoms in total. The lowest BCUT2D eigenvalue weighted by atomic mass is 9.99. The Morgan fingerprint density at radius 1 is 1.21 bits per heavy atom. The van der Waals surface area contributed by atoms with E-state index in [1.807, 2.05) is 20.8 Å². The van der Waals surface area contributed by atoms with Crippen LogP contribution in [-0.4, -0.2) is 15.0 Å². The lowest BCUT2D eigenvalue weighted by Gasteiger charge is -2.16. The maximum Gasteiger partial charge on any atom is 0.243 e. The second kappa shape index (κ2) is 5.83. The Kier molecular flexibility index (Phi) is 4.86. The van der Waals surface area contributed by atoms with Crippen molar-refractivity contribution in [2.45, 2.75) is 25.7 Å². The molecule has 7 heteroatoms. The molecule has 0 aliphatic rings. The number of benzene rings is 1. The lowest BCUT2D eigenvalue weighted by Crippen LogP contribution is -2.31. The van der Waals surface area contributed by atoms with Crippen molar-refractivity contribution in [3.05, 3.63) is 23.8 Å². The number of anilines is 1. The van der Waals surface area contributed by atoms with Crippen LogP contribution in [0.25, 0.3) is 0 Å². The Morgan fingerprint density at radius 3 is 2.32 bits per heavy atom. The van der Waals surface area contributed by atoms with E-state index in [2.05, 4.69) is 4.72 Å². The molecule has 0 radical (unpaired) electrons. The molecule has 0 heterocycles. The molecule has 0 amide bonds. The highest BCUT2D eigenvalue weighted by atomic mass is 32.2. The van der Waals surface area contributed by atoms with Gasteiger partial charge in [0.05, 0.1) is 5.69 Å². The number of halogens is 2. The van der Waals surface area contributed by atoms with E-state index in [9.17, 15) is 17.2 Å². The zero-order valence-electron chi connectivity index (χ0n) is 11.1. The van der Waals surface area contributed by atoms with Gasteiger partial charge in [-0.1, -0.05) is 20.8 Å². The van der Waals surface area contributed by atoms with Crippen LogP contribution in [0.2, 0.25) is 0 Å². The van der Waals surface area contributed by atoms with Crippen LogP contribution in [-0.2, 0) is 10.0 Å². The van der Waals surface area contributed by atoms with Gasteiger partial charge in [0.15, 0.2) is 0 Å². The van der Waals surface area contributed by atoms with Gasteiger partial charge in [-0.15, -0.1) is 0 Å². The summed E-state index contributed by atoms with van der Waals surface area (Å²) in [6.07, 6.45) is 0. The molecule has 0 aliphatic heterocycles. The first-order chi connectivity index (χ1) is 8.65. The van der Waals surface area contributed by atoms with Crippen LogP contribution >= 0.6 is 0 Å². The fourth-order valence-electron chi connectivity index (χ4n) is 1.31. The number of hydrogen-bond donors (Lipinski definition) is 2. The topological polar surface area (TPSA) is 72.2 Å². The minimum atomic E-state index is -4.03. The predicted octanol–water partition coefficient (Wildman–Crippen LogP) is 2.12. The zero-order valence-corrected chi connectivity index (χ0v) is 11.9. The van der Waals surface area contributed by atoms with Crippen molar-refractivity contribution in [2.75, 3.05) is 12.3 Å². The molecule has 1 aromatic rings. The highest BCUT2D eigenvalue weighted by Gasteiger charge is 2.22. The van der Waals surface area contributed by atoms with Gasteiger partial charge in [-0.05, 0) is 17.9 Å². The Bertz CT molecular complexity index is 559. The van der Waals surface area contributed by atoms with Gasteiger partial charge in [-0.25, -0.2) is 21.9 Å². The second-order valence-electron chi connectivity index (χ2n) is 4.88. The van der Waals surface area contributed by atoms with Gasteiger partial charge in [-0.3, -0.25) is 0 Å². The molecular weight excluding hydrogens is 274 g/mol. The second-order valence-corrected chi connectivity index (χ2v) is 6.61. The van der Waals surface area contributed by atoms with E-state index < -0.39 is 32.2 Å². The van der Waals surface area contributed by atoms with Crippen molar-refractivity contribution in [2.24, 2.45) is 11.8 Å². The number of rotatable bonds is 5. The van der Waals surface area contributed by atoms with Gasteiger partial charge >= 0.3 is 0 Å². The summed E-state index contributed by atoms with van der Waals surface area (Å²) in [5.74, 6) is -1.76. The van der Waals surface area contributed by atoms with Crippen LogP contribution in [0.1, 0.15) is 20.8 Å². The minimum absolute atomic E-state index is 0.0932. The molecule has 19 heavy (non-hydrogen) atoms. The van der Waals surface area contributed by atoms with Crippen molar-refractivity contribution < 1.29 is 17.2 Å². The Morgan fingerprint density at radius 2 is 1.79 bits per heavy atom. The summed E-state index contributed by atoms with van der Waals surface area (Å²) in [7, 11) is -4.03. The van der Waals surface area contributed by atoms with Crippen LogP contribution in [0.15, 0.2) is 17.0 Å². The summed E-state index contributed by atoms with van der Waals surface area (Å²) in [5.41, 5.74) is 4.85. The van der Waals surface area contributed by atoms with Crippen LogP contribution < -0.4 is 10.5 Å². The van der Waals surface area contributed by atoms with Gasteiger partial charge in [0.25, 0.3) is 0 Å². The Labute approximate surface area is 112 Å². The Balaban J connectivity index is 2.98. The van der Waals surface area contributed by atoms with Crippen molar-refractivity contribution in [3.63, 3.8) is 0 Å². The maximum atomic E-state index is 13.5. The summed E-state index contributed by atoms with van der Waals surface area (Å²) >= 11 is 0. The standard InChI is InChI=1S/C12H18F2N2O2S/c1-7(2)8(3)6-16-19(17,18)12-5-11(15)9(13)4-10(12)14/h4-5,7-8,16H,6,15H2,1-3H3. The molecule has 0 bridgehead atoms. The van der Waals surface area contributed by atoms with Gasteiger partial charge in [0.1, 0.15) is 16.5 Å². The molecule has 1 rings (SSSR count). The first kappa shape index (κ1) is 15.8. The molecule has 0 saturated carbocycles. The maximum absolute atomic E-state index is 13.5. The molecule has 1 unspecified atom stereocenters. The summed E-state index contributed by atoms with van der Waals surface area (Å²) in [5, 5.41) is 0. The molecule has 0 spiro atoms. The van der Waals surface area contributed by atoms with E-state index >= 15 is 0 Å². The number of nitrogen functional groups attached to an aromatic ring is 1. The highest BCUT2D eigenvalue weighted by Crippen LogP contribution is 2.21. The normalized spacial score (nSPS) is 13.8. The summed E-state index contributed by atoms with van der Waals surface area (Å²) in [6.45, 7) is 5.96. The summed E-state index contributed by atoms with van der Waals surface area (Å²) in [6, 6.07) is 1.25. The Hall–Kier alpha value is -1.21. The predicted molar refractivity (Wildman–Crippen MR) is 70.0 cm³/mol. The molecule has 0 aliphatic carbocycles. The summed E-state index contributed by atoms with van der Waals surface area (Å²) in [4.78, 5) is -0.637. The molecule has 1 aromatic carbocycles. The first-order valence-electron chi connectivity index (χ1n) is 5.89. The first-order valence-corrected chi connectivity index (χ1v) is 7.37. The van der Waals surface area contributed by atoms with E-state index in [0.29, 0.717) is 6.07 Å². The van der Waals surface area contributed by atoms with Crippen molar-refractivity contribution in [1.82, 2.24) is 4.72 Å². The largest absolute Gasteiger partial charge is 0.396 e. The van der Waals surface area contributed by atoms with E-state index in [0.717, 1.165) is 6.07 Å². The van der Waals surface area contributed by atoms with Gasteiger partial charge < -0.3 is 5.73 Å². The van der Waals surface area contributed by atoms with Crippen LogP contribution in [0.5, 0.6) is 0 Å². The molecule has 3 N–H and O–H groups in total. The smallest absolute Gasteiger partial charge is 0.243 e. The van der Waals surface area contributed by atoms with Gasteiger partial charge in [-0.2, -0.15) is 0 Å². The molecule has 0 aromatic heterocycles. The van der Waals surface area contributed by atoms with Crippen molar-refractivity contribution in [3.8, 4) is 0 Å². The van der Waals surface area contributed by atoms with Crippen LogP contribution in [0.3, 0.4) is 0 Å². The fourth-order valence-corrected chi connectivity index (χ4v) is 2.54. The van der Waals surface area contributed by atoms with Gasteiger partial charge in [0.2, 0.25) is 10.0 Å². The van der Waals surface area contributed by atoms with E-state index in [1.165, 1.54) is 0 Å². The fraction of sp³-hybridized carbons (Fsp3) is 0.500. The van der Waals surface area contributed by atoms with Crippen LogP contribution in [0, 0.1) is 23.5 Å². The number of sulfonamides is 1. The molecular formula is C12H18F2N2O2S. The zero-order chi connectivity index (χ0) is 14.8. The highest BCUT2D eigenvalue weighted by molar-refractivity contribution is 7.89. The molecule has 108 valence electrons. The van der Waals surface area contributed by atoms with Crippen molar-refractivity contribution >= 4 is 15.7 Å².